The van der Waals surface area contributed by atoms with E-state index in [2.05, 4.69) is 6.92 Å². The third kappa shape index (κ3) is 16.6. The number of carboxylic acid groups (broad SMARTS) is 1. The van der Waals surface area contributed by atoms with Crippen molar-refractivity contribution in [2.75, 3.05) is 0 Å². The highest BCUT2D eigenvalue weighted by Gasteiger charge is 2.40. The van der Waals surface area contributed by atoms with Crippen LogP contribution in [0.1, 0.15) is 167 Å². The van der Waals surface area contributed by atoms with Gasteiger partial charge in [-0.1, -0.05) is 110 Å². The molecule has 7 nitrogen and oxygen atoms in total. The monoisotopic (exact) mass is 584 g/mol. The molecular formula is C34H64O7. The van der Waals surface area contributed by atoms with E-state index >= 15 is 0 Å². The van der Waals surface area contributed by atoms with Gasteiger partial charge in [0.25, 0.3) is 0 Å². The number of hydrogen-bond acceptors (Lipinski definition) is 6. The molecule has 0 unspecified atom stereocenters. The van der Waals surface area contributed by atoms with E-state index in [-0.39, 0.29) is 36.9 Å². The second-order valence-electron chi connectivity index (χ2n) is 13.0. The number of unbranched alkanes of at least 4 members (excludes halogenated alkanes) is 14. The van der Waals surface area contributed by atoms with Crippen molar-refractivity contribution in [1.29, 1.82) is 0 Å². The van der Waals surface area contributed by atoms with Gasteiger partial charge in [-0.25, -0.2) is 0 Å². The topological polar surface area (TPSA) is 116 Å². The van der Waals surface area contributed by atoms with Crippen LogP contribution < -0.4 is 0 Å². The third-order valence-corrected chi connectivity index (χ3v) is 9.28. The van der Waals surface area contributed by atoms with Crippen LogP contribution in [0.3, 0.4) is 0 Å². The molecule has 2 aliphatic rings. The van der Waals surface area contributed by atoms with Crippen molar-refractivity contribution in [2.45, 2.75) is 210 Å². The maximum Gasteiger partial charge on any atom is 0.303 e. The first-order valence-electron chi connectivity index (χ1n) is 17.5. The number of aliphatic carboxylic acids is 1. The summed E-state index contributed by atoms with van der Waals surface area (Å²) in [4.78, 5) is 10.5. The van der Waals surface area contributed by atoms with Gasteiger partial charge in [0.2, 0.25) is 0 Å². The fraction of sp³-hybridized carbons (Fsp3) is 0.971. The smallest absolute Gasteiger partial charge is 0.303 e. The van der Waals surface area contributed by atoms with Gasteiger partial charge in [-0.3, -0.25) is 4.79 Å². The molecular weight excluding hydrogens is 520 g/mol. The van der Waals surface area contributed by atoms with Crippen LogP contribution in [0.2, 0.25) is 0 Å². The number of rotatable bonds is 26. The van der Waals surface area contributed by atoms with Crippen molar-refractivity contribution in [3.63, 3.8) is 0 Å². The van der Waals surface area contributed by atoms with Crippen LogP contribution in [0.15, 0.2) is 0 Å². The Kier molecular flexibility index (Phi) is 20.2. The van der Waals surface area contributed by atoms with Crippen LogP contribution in [-0.4, -0.2) is 69.1 Å². The molecule has 0 aromatic heterocycles. The summed E-state index contributed by atoms with van der Waals surface area (Å²) in [7, 11) is 0. The molecule has 2 aliphatic heterocycles. The molecule has 0 aromatic rings. The number of hydrogen-bond donors (Lipinski definition) is 4. The molecule has 2 fully saturated rings. The standard InChI is InChI=1S/C34H64O7/c1-2-3-4-5-6-10-13-16-19-28(36)30-22-24-32(40-30)33-25-23-31(41-33)29(37)20-17-14-11-8-7-9-12-15-18-27(35)21-26-34(38)39/h27-33,35-37H,2-26H2,1H3,(H,38,39)/t27-,28+,29-,30-,31-,32-,33-/m1/s1. The van der Waals surface area contributed by atoms with E-state index in [0.717, 1.165) is 77.0 Å². The van der Waals surface area contributed by atoms with Gasteiger partial charge in [-0.15, -0.1) is 0 Å². The summed E-state index contributed by atoms with van der Waals surface area (Å²) in [6.45, 7) is 2.25. The second kappa shape index (κ2) is 22.8. The second-order valence-corrected chi connectivity index (χ2v) is 13.0. The van der Waals surface area contributed by atoms with Crippen LogP contribution in [0.5, 0.6) is 0 Å². The third-order valence-electron chi connectivity index (χ3n) is 9.28. The number of aliphatic hydroxyl groups excluding tert-OH is 3. The maximum absolute atomic E-state index is 10.7. The molecule has 7 heteroatoms. The molecule has 0 amide bonds. The lowest BCUT2D eigenvalue weighted by Gasteiger charge is -2.24. The molecule has 4 N–H and O–H groups in total. The van der Waals surface area contributed by atoms with Gasteiger partial charge in [0.15, 0.2) is 0 Å². The lowest BCUT2D eigenvalue weighted by molar-refractivity contribution is -0.137. The summed E-state index contributed by atoms with van der Waals surface area (Å²) < 4.78 is 12.5. The van der Waals surface area contributed by atoms with Crippen molar-refractivity contribution in [3.8, 4) is 0 Å². The minimum atomic E-state index is -0.843. The lowest BCUT2D eigenvalue weighted by Crippen LogP contribution is -2.33. The van der Waals surface area contributed by atoms with Crippen LogP contribution in [0.25, 0.3) is 0 Å². The first-order chi connectivity index (χ1) is 19.9. The average molecular weight is 585 g/mol. The Labute approximate surface area is 250 Å². The minimum absolute atomic E-state index is 0.0448. The summed E-state index contributed by atoms with van der Waals surface area (Å²) in [5.74, 6) is -0.843. The van der Waals surface area contributed by atoms with Gasteiger partial charge in [-0.05, 0) is 51.4 Å². The molecule has 0 spiro atoms. The Bertz CT molecular complexity index is 645. The number of carboxylic acids is 1. The molecule has 0 aliphatic carbocycles. The minimum Gasteiger partial charge on any atom is -0.481 e. The fourth-order valence-corrected chi connectivity index (χ4v) is 6.58. The predicted octanol–water partition coefficient (Wildman–Crippen LogP) is 7.46. The Morgan fingerprint density at radius 3 is 1.39 bits per heavy atom. The van der Waals surface area contributed by atoms with Crippen LogP contribution in [-0.2, 0) is 14.3 Å². The molecule has 0 radical (unpaired) electrons. The Morgan fingerprint density at radius 2 is 0.976 bits per heavy atom. The summed E-state index contributed by atoms with van der Waals surface area (Å²) >= 11 is 0. The first-order valence-corrected chi connectivity index (χ1v) is 17.5. The summed E-state index contributed by atoms with van der Waals surface area (Å²) in [5, 5.41) is 39.8. The van der Waals surface area contributed by atoms with Gasteiger partial charge in [0, 0.05) is 6.42 Å². The van der Waals surface area contributed by atoms with Crippen molar-refractivity contribution in [3.05, 3.63) is 0 Å². The quantitative estimate of drug-likeness (QED) is 0.0780. The van der Waals surface area contributed by atoms with Crippen molar-refractivity contribution in [1.82, 2.24) is 0 Å². The van der Waals surface area contributed by atoms with Crippen LogP contribution >= 0.6 is 0 Å². The molecule has 242 valence electrons. The summed E-state index contributed by atoms with van der Waals surface area (Å²) in [6.07, 6.45) is 24.2. The molecule has 0 bridgehead atoms. The molecule has 2 saturated heterocycles. The highest BCUT2D eigenvalue weighted by atomic mass is 16.6. The number of ether oxygens (including phenoxy) is 2. The fourth-order valence-electron chi connectivity index (χ4n) is 6.58. The van der Waals surface area contributed by atoms with E-state index in [0.29, 0.717) is 12.8 Å². The van der Waals surface area contributed by atoms with Crippen molar-refractivity contribution >= 4 is 5.97 Å². The highest BCUT2D eigenvalue weighted by molar-refractivity contribution is 5.66. The number of carbonyl (C=O) groups is 1. The largest absolute Gasteiger partial charge is 0.481 e. The van der Waals surface area contributed by atoms with Gasteiger partial charge >= 0.3 is 5.97 Å². The Balaban J connectivity index is 1.44. The summed E-state index contributed by atoms with van der Waals surface area (Å²) in [6, 6.07) is 0. The van der Waals surface area contributed by atoms with Gasteiger partial charge in [0.1, 0.15) is 0 Å². The average Bonchev–Trinajstić information content (AvgIpc) is 3.65. The lowest BCUT2D eigenvalue weighted by atomic mass is 10.00. The van der Waals surface area contributed by atoms with E-state index in [4.69, 9.17) is 14.6 Å². The van der Waals surface area contributed by atoms with Crippen molar-refractivity contribution < 1.29 is 34.7 Å². The highest BCUT2D eigenvalue weighted by Crippen LogP contribution is 2.34. The van der Waals surface area contributed by atoms with Gasteiger partial charge in [-0.2, -0.15) is 0 Å². The first kappa shape index (κ1) is 36.5. The molecule has 41 heavy (non-hydrogen) atoms. The van der Waals surface area contributed by atoms with E-state index in [1.165, 1.54) is 64.2 Å². The number of aliphatic hydroxyl groups is 3. The van der Waals surface area contributed by atoms with E-state index < -0.39 is 18.2 Å². The molecule has 2 heterocycles. The summed E-state index contributed by atoms with van der Waals surface area (Å²) in [5.41, 5.74) is 0. The van der Waals surface area contributed by atoms with E-state index in [1.807, 2.05) is 0 Å². The zero-order valence-corrected chi connectivity index (χ0v) is 26.2. The zero-order valence-electron chi connectivity index (χ0n) is 26.2. The normalized spacial score (nSPS) is 25.0. The van der Waals surface area contributed by atoms with E-state index in [1.54, 1.807) is 0 Å². The predicted molar refractivity (Wildman–Crippen MR) is 164 cm³/mol. The maximum atomic E-state index is 10.7. The van der Waals surface area contributed by atoms with E-state index in [9.17, 15) is 20.1 Å². The van der Waals surface area contributed by atoms with Crippen molar-refractivity contribution in [2.24, 2.45) is 0 Å². The van der Waals surface area contributed by atoms with Crippen LogP contribution in [0.4, 0.5) is 0 Å². The Hall–Kier alpha value is -0.730. The SMILES string of the molecule is CCCCCCCCCC[C@H](O)[C@H]1CC[C@H]([C@H]2CC[C@H]([C@H](O)CCCCCCCCCC[C@@H](O)CCC(=O)O)O2)O1. The molecule has 2 rings (SSSR count). The molecule has 0 saturated carbocycles. The molecule has 7 atom stereocenters. The van der Waals surface area contributed by atoms with Gasteiger partial charge in [0.05, 0.1) is 42.7 Å². The zero-order chi connectivity index (χ0) is 29.7. The Morgan fingerprint density at radius 1 is 0.585 bits per heavy atom. The van der Waals surface area contributed by atoms with Crippen LogP contribution in [0, 0.1) is 0 Å². The van der Waals surface area contributed by atoms with Gasteiger partial charge < -0.3 is 29.9 Å². The molecule has 0 aromatic carbocycles.